The highest BCUT2D eigenvalue weighted by Crippen LogP contribution is 2.25. The molecule has 0 spiro atoms. The van der Waals surface area contributed by atoms with Crippen molar-refractivity contribution in [2.24, 2.45) is 5.92 Å². The number of nitrogens with zero attached hydrogens (tertiary/aromatic N) is 4. The molecule has 2 aromatic carbocycles. The monoisotopic (exact) mass is 507 g/mol. The Morgan fingerprint density at radius 1 is 1.11 bits per heavy atom. The Labute approximate surface area is 217 Å². The van der Waals surface area contributed by atoms with Crippen molar-refractivity contribution in [2.45, 2.75) is 51.6 Å². The number of anilines is 1. The normalized spacial score (nSPS) is 19.7. The van der Waals surface area contributed by atoms with Crippen molar-refractivity contribution in [1.82, 2.24) is 20.4 Å². The van der Waals surface area contributed by atoms with Crippen molar-refractivity contribution in [3.8, 4) is 11.4 Å². The molecule has 2 fully saturated rings. The van der Waals surface area contributed by atoms with Gasteiger partial charge < -0.3 is 14.7 Å². The first-order chi connectivity index (χ1) is 17.5. The van der Waals surface area contributed by atoms with Crippen LogP contribution in [0.3, 0.4) is 0 Å². The maximum atomic E-state index is 13.1. The van der Waals surface area contributed by atoms with Crippen LogP contribution in [0.1, 0.15) is 56.5 Å². The summed E-state index contributed by atoms with van der Waals surface area (Å²) in [6.07, 6.45) is 5.71. The SMILES string of the molecule is CC(NC(=O)C1CCCN(Cc2nc(-c3cccc(Cl)c3)no2)C1)c1ccc(N2CCCCC2)cc1. The largest absolute Gasteiger partial charge is 0.372 e. The highest BCUT2D eigenvalue weighted by atomic mass is 35.5. The van der Waals surface area contributed by atoms with E-state index in [4.69, 9.17) is 16.1 Å². The van der Waals surface area contributed by atoms with Crippen molar-refractivity contribution < 1.29 is 9.32 Å². The summed E-state index contributed by atoms with van der Waals surface area (Å²) >= 11 is 6.08. The van der Waals surface area contributed by atoms with Gasteiger partial charge >= 0.3 is 0 Å². The second-order valence-corrected chi connectivity index (χ2v) is 10.4. The number of amides is 1. The van der Waals surface area contributed by atoms with Gasteiger partial charge in [0.2, 0.25) is 17.6 Å². The number of hydrogen-bond donors (Lipinski definition) is 1. The fourth-order valence-corrected chi connectivity index (χ4v) is 5.40. The molecule has 0 aliphatic carbocycles. The zero-order valence-electron chi connectivity index (χ0n) is 20.8. The van der Waals surface area contributed by atoms with Gasteiger partial charge in [0.1, 0.15) is 0 Å². The third-order valence-electron chi connectivity index (χ3n) is 7.26. The number of carbonyl (C=O) groups excluding carboxylic acids is 1. The van der Waals surface area contributed by atoms with Gasteiger partial charge in [-0.1, -0.05) is 41.0 Å². The molecule has 8 heteroatoms. The van der Waals surface area contributed by atoms with Crippen molar-refractivity contribution in [2.75, 3.05) is 31.1 Å². The van der Waals surface area contributed by atoms with Gasteiger partial charge in [0.15, 0.2) is 0 Å². The fourth-order valence-electron chi connectivity index (χ4n) is 5.21. The van der Waals surface area contributed by atoms with Crippen LogP contribution in [0, 0.1) is 5.92 Å². The van der Waals surface area contributed by atoms with Crippen LogP contribution in [0.4, 0.5) is 5.69 Å². The van der Waals surface area contributed by atoms with Gasteiger partial charge in [0.05, 0.1) is 18.5 Å². The lowest BCUT2D eigenvalue weighted by Crippen LogP contribution is -2.43. The van der Waals surface area contributed by atoms with Gasteiger partial charge in [-0.05, 0) is 75.4 Å². The first-order valence-corrected chi connectivity index (χ1v) is 13.4. The zero-order chi connectivity index (χ0) is 24.9. The third-order valence-corrected chi connectivity index (χ3v) is 7.49. The molecule has 0 bridgehead atoms. The molecule has 5 rings (SSSR count). The van der Waals surface area contributed by atoms with Gasteiger partial charge in [0, 0.05) is 35.9 Å². The van der Waals surface area contributed by atoms with Crippen LogP contribution < -0.4 is 10.2 Å². The first kappa shape index (κ1) is 24.8. The lowest BCUT2D eigenvalue weighted by molar-refractivity contribution is -0.127. The molecule has 2 aliphatic rings. The molecule has 3 aromatic rings. The number of likely N-dealkylation sites (tertiary alicyclic amines) is 1. The molecule has 0 radical (unpaired) electrons. The van der Waals surface area contributed by atoms with Crippen molar-refractivity contribution >= 4 is 23.2 Å². The van der Waals surface area contributed by atoms with E-state index in [0.717, 1.165) is 43.6 Å². The lowest BCUT2D eigenvalue weighted by atomic mass is 9.96. The minimum Gasteiger partial charge on any atom is -0.372 e. The predicted octanol–water partition coefficient (Wildman–Crippen LogP) is 5.47. The first-order valence-electron chi connectivity index (χ1n) is 13.0. The Hall–Kier alpha value is -2.90. The van der Waals surface area contributed by atoms with Crippen LogP contribution in [0.15, 0.2) is 53.1 Å². The number of aromatic nitrogens is 2. The number of carbonyl (C=O) groups is 1. The maximum absolute atomic E-state index is 13.1. The molecule has 2 saturated heterocycles. The van der Waals surface area contributed by atoms with Gasteiger partial charge in [-0.2, -0.15) is 4.98 Å². The van der Waals surface area contributed by atoms with Crippen LogP contribution in [0.25, 0.3) is 11.4 Å². The Kier molecular flexibility index (Phi) is 7.87. The second kappa shape index (κ2) is 11.4. The molecule has 7 nitrogen and oxygen atoms in total. The summed E-state index contributed by atoms with van der Waals surface area (Å²) < 4.78 is 5.48. The molecule has 2 atom stereocenters. The topological polar surface area (TPSA) is 74.5 Å². The summed E-state index contributed by atoms with van der Waals surface area (Å²) in [7, 11) is 0. The molecule has 36 heavy (non-hydrogen) atoms. The summed E-state index contributed by atoms with van der Waals surface area (Å²) in [5.74, 6) is 1.13. The Bertz CT molecular complexity index is 1160. The van der Waals surface area contributed by atoms with Crippen LogP contribution in [-0.2, 0) is 11.3 Å². The number of rotatable bonds is 7. The number of halogens is 1. The number of piperidine rings is 2. The predicted molar refractivity (Wildman–Crippen MR) is 142 cm³/mol. The van der Waals surface area contributed by atoms with Crippen LogP contribution in [0.5, 0.6) is 0 Å². The van der Waals surface area contributed by atoms with Crippen molar-refractivity contribution in [1.29, 1.82) is 0 Å². The Balaban J connectivity index is 1.14. The van der Waals surface area contributed by atoms with E-state index in [1.165, 1.54) is 24.9 Å². The Morgan fingerprint density at radius 2 is 1.92 bits per heavy atom. The summed E-state index contributed by atoms with van der Waals surface area (Å²) in [4.78, 5) is 22.3. The van der Waals surface area contributed by atoms with E-state index in [1.807, 2.05) is 24.3 Å². The average Bonchev–Trinajstić information content (AvgIpc) is 3.38. The summed E-state index contributed by atoms with van der Waals surface area (Å²) in [6, 6.07) is 16.1. The summed E-state index contributed by atoms with van der Waals surface area (Å²) in [5, 5.41) is 7.97. The van der Waals surface area contributed by atoms with Crippen LogP contribution >= 0.6 is 11.6 Å². The maximum Gasteiger partial charge on any atom is 0.241 e. The number of nitrogens with one attached hydrogen (secondary N) is 1. The van der Waals surface area contributed by atoms with Gasteiger partial charge in [-0.25, -0.2) is 0 Å². The molecule has 190 valence electrons. The zero-order valence-corrected chi connectivity index (χ0v) is 21.6. The van der Waals surface area contributed by atoms with E-state index in [9.17, 15) is 4.79 Å². The van der Waals surface area contributed by atoms with E-state index in [-0.39, 0.29) is 17.9 Å². The van der Waals surface area contributed by atoms with E-state index >= 15 is 0 Å². The molecular formula is C28H34ClN5O2. The van der Waals surface area contributed by atoms with E-state index in [2.05, 4.69) is 56.4 Å². The molecule has 3 heterocycles. The van der Waals surface area contributed by atoms with E-state index in [0.29, 0.717) is 29.8 Å². The molecule has 2 aliphatic heterocycles. The van der Waals surface area contributed by atoms with Crippen LogP contribution in [0.2, 0.25) is 5.02 Å². The van der Waals surface area contributed by atoms with Gasteiger partial charge in [-0.15, -0.1) is 0 Å². The van der Waals surface area contributed by atoms with E-state index in [1.54, 1.807) is 0 Å². The highest BCUT2D eigenvalue weighted by Gasteiger charge is 2.28. The molecule has 2 unspecified atom stereocenters. The summed E-state index contributed by atoms with van der Waals surface area (Å²) in [5.41, 5.74) is 3.24. The van der Waals surface area contributed by atoms with Crippen molar-refractivity contribution in [3.63, 3.8) is 0 Å². The summed E-state index contributed by atoms with van der Waals surface area (Å²) in [6.45, 7) is 6.45. The third kappa shape index (κ3) is 6.08. The van der Waals surface area contributed by atoms with Gasteiger partial charge in [0.25, 0.3) is 0 Å². The lowest BCUT2D eigenvalue weighted by Gasteiger charge is -2.31. The fraction of sp³-hybridized carbons (Fsp3) is 0.464. The standard InChI is InChI=1S/C28H34ClN5O2/c1-20(21-10-12-25(13-11-21)34-15-3-2-4-16-34)30-28(35)23-8-6-14-33(18-23)19-26-31-27(32-36-26)22-7-5-9-24(29)17-22/h5,7,9-13,17,20,23H,2-4,6,8,14-16,18-19H2,1H3,(H,30,35). The van der Waals surface area contributed by atoms with E-state index < -0.39 is 0 Å². The molecule has 0 saturated carbocycles. The minimum absolute atomic E-state index is 0.0283. The quantitative estimate of drug-likeness (QED) is 0.457. The smallest absolute Gasteiger partial charge is 0.241 e. The number of benzene rings is 2. The molecule has 1 aromatic heterocycles. The van der Waals surface area contributed by atoms with Gasteiger partial charge in [-0.3, -0.25) is 9.69 Å². The van der Waals surface area contributed by atoms with Crippen LogP contribution in [-0.4, -0.2) is 47.1 Å². The molecule has 1 N–H and O–H groups in total. The second-order valence-electron chi connectivity index (χ2n) is 9.97. The van der Waals surface area contributed by atoms with Crippen molar-refractivity contribution in [3.05, 3.63) is 65.0 Å². The molecule has 1 amide bonds. The minimum atomic E-state index is -0.0517. The highest BCUT2D eigenvalue weighted by molar-refractivity contribution is 6.30. The number of hydrogen-bond acceptors (Lipinski definition) is 6. The average molecular weight is 508 g/mol. The Morgan fingerprint density at radius 3 is 2.69 bits per heavy atom. The molecular weight excluding hydrogens is 474 g/mol.